The van der Waals surface area contributed by atoms with Gasteiger partial charge in [0.25, 0.3) is 0 Å². The van der Waals surface area contributed by atoms with Gasteiger partial charge in [-0.25, -0.2) is 0 Å². The Morgan fingerprint density at radius 3 is 2.67 bits per heavy atom. The van der Waals surface area contributed by atoms with Crippen molar-refractivity contribution in [2.75, 3.05) is 6.61 Å². The van der Waals surface area contributed by atoms with Crippen molar-refractivity contribution in [3.63, 3.8) is 0 Å². The Labute approximate surface area is 214 Å². The number of fused-ring (bicyclic) bond motifs is 3. The molecule has 0 radical (unpaired) electrons. The maximum atomic E-state index is 13.1. The fraction of sp³-hybridized carbons (Fsp3) is 0.276. The molecule has 7 heteroatoms. The maximum absolute atomic E-state index is 13.1. The third-order valence-corrected chi connectivity index (χ3v) is 7.69. The molecule has 0 fully saturated rings. The lowest BCUT2D eigenvalue weighted by molar-refractivity contribution is -0.146. The number of hydrogen-bond donors (Lipinski definition) is 1. The minimum atomic E-state index is -0.749. The van der Waals surface area contributed by atoms with Crippen LogP contribution in [0.1, 0.15) is 53.9 Å². The molecule has 0 saturated carbocycles. The Hall–Kier alpha value is -3.42. The number of H-pyrrole nitrogens is 1. The van der Waals surface area contributed by atoms with Crippen LogP contribution in [-0.4, -0.2) is 27.7 Å². The second-order valence-electron chi connectivity index (χ2n) is 8.87. The SMILES string of the molecule is CCc1cccc2c3c([nH]c12)C(CC)(CC(=O)Oc1ccc(SC(=O)c2cccnc2)cc1)OCC3. The Morgan fingerprint density at radius 1 is 1.11 bits per heavy atom. The third kappa shape index (κ3) is 4.68. The van der Waals surface area contributed by atoms with Crippen molar-refractivity contribution in [2.45, 2.75) is 50.0 Å². The van der Waals surface area contributed by atoms with E-state index in [1.54, 1.807) is 48.8 Å². The number of carbonyl (C=O) groups excluding carboxylic acids is 2. The minimum Gasteiger partial charge on any atom is -0.426 e. The van der Waals surface area contributed by atoms with Gasteiger partial charge in [0.1, 0.15) is 11.4 Å². The molecule has 0 aliphatic carbocycles. The highest BCUT2D eigenvalue weighted by Crippen LogP contribution is 2.42. The molecule has 3 heterocycles. The highest BCUT2D eigenvalue weighted by Gasteiger charge is 2.41. The number of aromatic nitrogens is 2. The number of carbonyl (C=O) groups is 2. The van der Waals surface area contributed by atoms with Gasteiger partial charge in [0, 0.05) is 33.8 Å². The second kappa shape index (κ2) is 10.3. The molecule has 0 amide bonds. The van der Waals surface area contributed by atoms with E-state index in [-0.39, 0.29) is 17.5 Å². The largest absolute Gasteiger partial charge is 0.426 e. The maximum Gasteiger partial charge on any atom is 0.314 e. The summed E-state index contributed by atoms with van der Waals surface area (Å²) in [5.74, 6) is 0.0799. The molecule has 36 heavy (non-hydrogen) atoms. The molecule has 1 unspecified atom stereocenters. The standard InChI is InChI=1S/C29H28N2O4S/c1-3-19-7-5-9-23-24-14-16-34-29(4-2,27(24)31-26(19)23)17-25(32)35-21-10-12-22(13-11-21)36-28(33)20-8-6-15-30-18-20/h5-13,15,18,31H,3-4,14,16-17H2,1-2H3. The van der Waals surface area contributed by atoms with E-state index in [9.17, 15) is 9.59 Å². The van der Waals surface area contributed by atoms with Gasteiger partial charge in [-0.15, -0.1) is 0 Å². The summed E-state index contributed by atoms with van der Waals surface area (Å²) in [6.07, 6.45) is 5.68. The van der Waals surface area contributed by atoms with E-state index in [1.807, 2.05) is 6.92 Å². The van der Waals surface area contributed by atoms with Crippen molar-refractivity contribution >= 4 is 33.7 Å². The van der Waals surface area contributed by atoms with Crippen LogP contribution in [0, 0.1) is 0 Å². The van der Waals surface area contributed by atoms with Crippen LogP contribution in [0.15, 0.2) is 71.9 Å². The summed E-state index contributed by atoms with van der Waals surface area (Å²) in [7, 11) is 0. The van der Waals surface area contributed by atoms with E-state index < -0.39 is 5.60 Å². The Balaban J connectivity index is 1.31. The molecule has 5 rings (SSSR count). The van der Waals surface area contributed by atoms with Crippen LogP contribution in [0.25, 0.3) is 10.9 Å². The Kier molecular flexibility index (Phi) is 6.94. The molecule has 0 bridgehead atoms. The van der Waals surface area contributed by atoms with E-state index in [0.717, 1.165) is 40.7 Å². The normalized spacial score (nSPS) is 17.1. The number of ether oxygens (including phenoxy) is 2. The number of nitrogens with zero attached hydrogens (tertiary/aromatic N) is 1. The number of nitrogens with one attached hydrogen (secondary N) is 1. The molecular weight excluding hydrogens is 472 g/mol. The van der Waals surface area contributed by atoms with Crippen LogP contribution in [-0.2, 0) is 28.0 Å². The fourth-order valence-electron chi connectivity index (χ4n) is 4.87. The highest BCUT2D eigenvalue weighted by molar-refractivity contribution is 8.14. The van der Waals surface area contributed by atoms with Gasteiger partial charge >= 0.3 is 5.97 Å². The predicted octanol–water partition coefficient (Wildman–Crippen LogP) is 6.23. The van der Waals surface area contributed by atoms with Crippen molar-refractivity contribution in [1.29, 1.82) is 0 Å². The van der Waals surface area contributed by atoms with E-state index in [1.165, 1.54) is 16.5 Å². The number of aryl methyl sites for hydroxylation is 1. The topological polar surface area (TPSA) is 81.3 Å². The third-order valence-electron chi connectivity index (χ3n) is 6.76. The molecule has 4 aromatic rings. The molecule has 1 N–H and O–H groups in total. The number of pyridine rings is 1. The predicted molar refractivity (Wildman–Crippen MR) is 140 cm³/mol. The molecule has 1 aliphatic heterocycles. The van der Waals surface area contributed by atoms with Gasteiger partial charge in [0.15, 0.2) is 0 Å². The van der Waals surface area contributed by atoms with E-state index >= 15 is 0 Å². The van der Waals surface area contributed by atoms with Gasteiger partial charge in [-0.05, 0) is 78.5 Å². The van der Waals surface area contributed by atoms with Crippen molar-refractivity contribution in [2.24, 2.45) is 0 Å². The molecule has 2 aromatic carbocycles. The van der Waals surface area contributed by atoms with E-state index in [0.29, 0.717) is 24.3 Å². The van der Waals surface area contributed by atoms with Crippen molar-refractivity contribution in [3.05, 3.63) is 89.4 Å². The van der Waals surface area contributed by atoms with Crippen molar-refractivity contribution in [1.82, 2.24) is 9.97 Å². The lowest BCUT2D eigenvalue weighted by Crippen LogP contribution is -2.38. The Bertz CT molecular complexity index is 1400. The zero-order valence-electron chi connectivity index (χ0n) is 20.4. The van der Waals surface area contributed by atoms with Crippen LogP contribution < -0.4 is 4.74 Å². The van der Waals surface area contributed by atoms with Gasteiger partial charge in [-0.2, -0.15) is 0 Å². The summed E-state index contributed by atoms with van der Waals surface area (Å²) in [6.45, 7) is 4.75. The molecule has 0 spiro atoms. The molecule has 184 valence electrons. The molecule has 0 saturated heterocycles. The van der Waals surface area contributed by atoms with Crippen LogP contribution in [0.3, 0.4) is 0 Å². The van der Waals surface area contributed by atoms with E-state index in [4.69, 9.17) is 9.47 Å². The number of aromatic amines is 1. The first-order valence-electron chi connectivity index (χ1n) is 12.2. The zero-order valence-corrected chi connectivity index (χ0v) is 21.2. The van der Waals surface area contributed by atoms with E-state index in [2.05, 4.69) is 35.1 Å². The van der Waals surface area contributed by atoms with Gasteiger partial charge in [-0.3, -0.25) is 14.6 Å². The fourth-order valence-corrected chi connectivity index (χ4v) is 5.59. The number of benzene rings is 2. The first-order valence-corrected chi connectivity index (χ1v) is 13.0. The molecular formula is C29H28N2O4S. The molecule has 1 aliphatic rings. The molecule has 2 aromatic heterocycles. The summed E-state index contributed by atoms with van der Waals surface area (Å²) in [5, 5.41) is 1.13. The smallest absolute Gasteiger partial charge is 0.314 e. The summed E-state index contributed by atoms with van der Waals surface area (Å²) in [5.41, 5.74) is 4.41. The molecule has 6 nitrogen and oxygen atoms in total. The van der Waals surface area contributed by atoms with Gasteiger partial charge in [0.2, 0.25) is 5.12 Å². The molecule has 1 atom stereocenters. The highest BCUT2D eigenvalue weighted by atomic mass is 32.2. The van der Waals surface area contributed by atoms with Gasteiger partial charge in [-0.1, -0.05) is 32.0 Å². The number of esters is 1. The minimum absolute atomic E-state index is 0.0902. The number of para-hydroxylation sites is 1. The lowest BCUT2D eigenvalue weighted by Gasteiger charge is -2.36. The van der Waals surface area contributed by atoms with Gasteiger partial charge < -0.3 is 14.5 Å². The lowest BCUT2D eigenvalue weighted by atomic mass is 9.86. The van der Waals surface area contributed by atoms with Crippen LogP contribution in [0.4, 0.5) is 0 Å². The van der Waals surface area contributed by atoms with Crippen molar-refractivity contribution < 1.29 is 19.1 Å². The number of hydrogen-bond acceptors (Lipinski definition) is 6. The quantitative estimate of drug-likeness (QED) is 0.184. The zero-order chi connectivity index (χ0) is 25.1. The van der Waals surface area contributed by atoms with Crippen LogP contribution in [0.5, 0.6) is 5.75 Å². The first-order chi connectivity index (χ1) is 17.5. The van der Waals surface area contributed by atoms with Gasteiger partial charge in [0.05, 0.1) is 18.7 Å². The average molecular weight is 501 g/mol. The first kappa shape index (κ1) is 24.3. The van der Waals surface area contributed by atoms with Crippen LogP contribution >= 0.6 is 11.8 Å². The average Bonchev–Trinajstić information content (AvgIpc) is 3.30. The number of thioether (sulfide) groups is 1. The van der Waals surface area contributed by atoms with Crippen LogP contribution in [0.2, 0.25) is 0 Å². The van der Waals surface area contributed by atoms with Crippen molar-refractivity contribution in [3.8, 4) is 5.75 Å². The second-order valence-corrected chi connectivity index (χ2v) is 9.92. The summed E-state index contributed by atoms with van der Waals surface area (Å²) in [6, 6.07) is 16.8. The summed E-state index contributed by atoms with van der Waals surface area (Å²) in [4.78, 5) is 33.8. The summed E-state index contributed by atoms with van der Waals surface area (Å²) < 4.78 is 12.0. The summed E-state index contributed by atoms with van der Waals surface area (Å²) >= 11 is 1.11. The monoisotopic (exact) mass is 500 g/mol. The number of rotatable bonds is 7. The Morgan fingerprint density at radius 2 is 1.94 bits per heavy atom.